The second-order valence-electron chi connectivity index (χ2n) is 27.1. The van der Waals surface area contributed by atoms with Crippen LogP contribution >= 0.6 is 22.9 Å². The van der Waals surface area contributed by atoms with Gasteiger partial charge < -0.3 is 19.3 Å². The van der Waals surface area contributed by atoms with Crippen LogP contribution in [0.4, 0.5) is 22.7 Å². The molecule has 9 N–H and O–H groups in total. The molecule has 0 fully saturated rings. The molecule has 30 heteroatoms. The van der Waals surface area contributed by atoms with E-state index in [0.29, 0.717) is 24.3 Å². The number of aliphatic hydroxyl groups is 1. The van der Waals surface area contributed by atoms with Gasteiger partial charge in [-0.3, -0.25) is 20.0 Å². The van der Waals surface area contributed by atoms with Gasteiger partial charge >= 0.3 is 0 Å². The van der Waals surface area contributed by atoms with Crippen molar-refractivity contribution >= 4 is 109 Å². The Bertz CT molecular complexity index is 6050. The van der Waals surface area contributed by atoms with Gasteiger partial charge in [-0.05, 0) is 207 Å². The van der Waals surface area contributed by atoms with Crippen LogP contribution in [0.1, 0.15) is 99.9 Å². The largest absolute Gasteiger partial charge is 0.497 e. The molecule has 4 aliphatic heterocycles. The lowest BCUT2D eigenvalue weighted by Gasteiger charge is -2.24. The van der Waals surface area contributed by atoms with Crippen molar-refractivity contribution in [1.82, 2.24) is 0 Å². The molecule has 12 aromatic rings. The van der Waals surface area contributed by atoms with E-state index >= 15 is 0 Å². The smallest absolute Gasteiger partial charge is 0.238 e. The first-order chi connectivity index (χ1) is 55.7. The number of primary sulfonamides is 4. The topological polar surface area (TPSA) is 351 Å². The Kier molecular flexibility index (Phi) is 25.5. The number of halogens is 1. The van der Waals surface area contributed by atoms with Gasteiger partial charge in [-0.2, -0.15) is 31.7 Å². The standard InChI is InChI=1S/C23H23N3O4S.C22H21N3O3S.C21H18ClN3O2S.C20H19N3O3S2/c1-30-20-10-6-18(7-11-20)23-14-22(17-4-2-16(15-27)3-5-17)25-26(23)19-8-12-21(13-9-19)31(24,28)29;1-28-19-9-5-8-17(14-19)22-15-21(16-6-3-2-4-7-16)24-25(22)18-10-12-20(13-11-18)29(23,26)27;22-17-8-4-7-16(13-17)21-14-20(15-5-2-1-3-6-15)24-25(21)18-9-11-19(12-10-18)28(23,26)27;1-26-17-6-2-14(3-7-17)20-12-19(15-10-11-27-13-15)22-23(20)16-4-8-18(9-5-16)28(21,24)25/h2-13,23,27H,14-15H2,1H3,(H2,24,28,29);2-14,22H,15H2,1H3,(H2,23,26,27);1-13,21H,14H2,(H2,23,26,27);2-11,13,20H,12H2,1H3,(H2,21,24,25). The molecule has 11 aromatic carbocycles. The maximum atomic E-state index is 11.6. The van der Waals surface area contributed by atoms with Crippen molar-refractivity contribution < 1.29 is 53.0 Å². The van der Waals surface area contributed by atoms with E-state index < -0.39 is 40.1 Å². The molecule has 0 bridgehead atoms. The van der Waals surface area contributed by atoms with E-state index in [-0.39, 0.29) is 50.4 Å². The van der Waals surface area contributed by atoms with Crippen LogP contribution in [0.5, 0.6) is 17.2 Å². The van der Waals surface area contributed by atoms with Crippen LogP contribution in [-0.4, -0.2) is 83.0 Å². The average molecular weight is 1670 g/mol. The summed E-state index contributed by atoms with van der Waals surface area (Å²) in [7, 11) is -10.1. The summed E-state index contributed by atoms with van der Waals surface area (Å²) < 4.78 is 108. The highest BCUT2D eigenvalue weighted by molar-refractivity contribution is 7.90. The van der Waals surface area contributed by atoms with Gasteiger partial charge in [0.15, 0.2) is 0 Å². The summed E-state index contributed by atoms with van der Waals surface area (Å²) in [6.07, 6.45) is 2.84. The number of rotatable bonds is 20. The number of hydrogen-bond donors (Lipinski definition) is 5. The fourth-order valence-corrected chi connectivity index (χ4v) is 16.5. The molecule has 0 saturated heterocycles. The van der Waals surface area contributed by atoms with Crippen molar-refractivity contribution in [2.45, 2.75) is 76.0 Å². The Hall–Kier alpha value is -11.7. The third-order valence-corrected chi connectivity index (χ3v) is 24.2. The number of hydrazone groups is 4. The molecule has 0 aliphatic carbocycles. The number of hydrogen-bond acceptors (Lipinski definition) is 21. The lowest BCUT2D eigenvalue weighted by atomic mass is 9.97. The average Bonchev–Trinajstić information content (AvgIpc) is 1.66. The molecule has 116 heavy (non-hydrogen) atoms. The zero-order valence-corrected chi connectivity index (χ0v) is 67.7. The minimum atomic E-state index is -3.77. The number of sulfonamides is 4. The second-order valence-corrected chi connectivity index (χ2v) is 34.5. The molecule has 4 atom stereocenters. The van der Waals surface area contributed by atoms with Crippen molar-refractivity contribution in [3.8, 4) is 17.2 Å². The van der Waals surface area contributed by atoms with Gasteiger partial charge in [-0.25, -0.2) is 54.2 Å². The first kappa shape index (κ1) is 82.3. The summed E-state index contributed by atoms with van der Waals surface area (Å²) in [5.74, 6) is 2.34. The van der Waals surface area contributed by atoms with Gasteiger partial charge in [0, 0.05) is 36.3 Å². The van der Waals surface area contributed by atoms with Crippen LogP contribution in [0, 0.1) is 0 Å². The van der Waals surface area contributed by atoms with Gasteiger partial charge in [0.2, 0.25) is 40.1 Å². The highest BCUT2D eigenvalue weighted by Gasteiger charge is 2.35. The number of benzene rings is 11. The van der Waals surface area contributed by atoms with E-state index in [4.69, 9.17) is 66.8 Å². The zero-order valence-electron chi connectivity index (χ0n) is 62.9. The maximum absolute atomic E-state index is 11.6. The predicted molar refractivity (Wildman–Crippen MR) is 457 cm³/mol. The van der Waals surface area contributed by atoms with E-state index in [9.17, 15) is 38.8 Å². The van der Waals surface area contributed by atoms with Gasteiger partial charge in [0.25, 0.3) is 0 Å². The Balaban J connectivity index is 0.000000135. The van der Waals surface area contributed by atoms with Crippen molar-refractivity contribution in [3.63, 3.8) is 0 Å². The SMILES string of the molecule is COc1ccc(C2CC(c3ccc(CO)cc3)=NN2c2ccc(S(N)(=O)=O)cc2)cc1.COc1ccc(C2CC(c3ccsc3)=NN2c2ccc(S(N)(=O)=O)cc2)cc1.COc1cccc(C2CC(c3ccccc3)=NN2c2ccc(S(N)(=O)=O)cc2)c1.NS(=O)(=O)c1ccc(N2N=C(c3ccccc3)CC2c2cccc(Cl)c2)cc1. The van der Waals surface area contributed by atoms with Crippen LogP contribution in [0.15, 0.2) is 336 Å². The van der Waals surface area contributed by atoms with Crippen LogP contribution < -0.4 is 54.8 Å². The second kappa shape index (κ2) is 36.0. The number of anilines is 4. The molecular weight excluding hydrogens is 1590 g/mol. The van der Waals surface area contributed by atoms with E-state index in [2.05, 4.69) is 11.4 Å². The molecule has 0 spiro atoms. The molecule has 24 nitrogen and oxygen atoms in total. The molecule has 4 aliphatic rings. The first-order valence-electron chi connectivity index (χ1n) is 36.2. The van der Waals surface area contributed by atoms with E-state index in [1.807, 2.05) is 207 Å². The van der Waals surface area contributed by atoms with E-state index in [1.165, 1.54) is 48.5 Å². The lowest BCUT2D eigenvalue weighted by molar-refractivity contribution is 0.282. The van der Waals surface area contributed by atoms with Crippen molar-refractivity contribution in [2.75, 3.05) is 41.4 Å². The van der Waals surface area contributed by atoms with E-state index in [0.717, 1.165) is 119 Å². The summed E-state index contributed by atoms with van der Waals surface area (Å²) in [6, 6.07) is 86.7. The third kappa shape index (κ3) is 20.0. The zero-order chi connectivity index (χ0) is 81.9. The molecule has 594 valence electrons. The Morgan fingerprint density at radius 3 is 0.983 bits per heavy atom. The van der Waals surface area contributed by atoms with E-state index in [1.54, 1.807) is 81.2 Å². The van der Waals surface area contributed by atoms with Gasteiger partial charge in [0.1, 0.15) is 17.2 Å². The van der Waals surface area contributed by atoms with Crippen LogP contribution in [-0.2, 0) is 46.7 Å². The molecule has 0 saturated carbocycles. The number of aliphatic hydroxyl groups excluding tert-OH is 1. The minimum absolute atomic E-state index is 0.00106. The number of thiophene rings is 1. The van der Waals surface area contributed by atoms with Crippen molar-refractivity contribution in [2.24, 2.45) is 41.0 Å². The monoisotopic (exact) mass is 1670 g/mol. The summed E-state index contributed by atoms with van der Waals surface area (Å²) in [5, 5.41) is 62.0. The summed E-state index contributed by atoms with van der Waals surface area (Å²) in [6.45, 7) is -0.0102. The first-order valence-corrected chi connectivity index (χ1v) is 43.7. The highest BCUT2D eigenvalue weighted by Crippen LogP contribution is 2.43. The molecule has 0 amide bonds. The predicted octanol–water partition coefficient (Wildman–Crippen LogP) is 15.0. The molecule has 5 heterocycles. The Labute approximate surface area is 683 Å². The summed E-state index contributed by atoms with van der Waals surface area (Å²) in [4.78, 5) is 0.284. The number of nitrogens with zero attached hydrogens (tertiary/aromatic N) is 8. The number of ether oxygens (including phenoxy) is 3. The number of nitrogens with two attached hydrogens (primary N) is 4. The molecular formula is C86H81ClN12O12S5. The van der Waals surface area contributed by atoms with Gasteiger partial charge in [0.05, 0.1) is 117 Å². The van der Waals surface area contributed by atoms with Crippen LogP contribution in [0.3, 0.4) is 0 Å². The highest BCUT2D eigenvalue weighted by atomic mass is 35.5. The minimum Gasteiger partial charge on any atom is -0.497 e. The fourth-order valence-electron chi connectivity index (χ4n) is 13.6. The van der Waals surface area contributed by atoms with Crippen LogP contribution in [0.2, 0.25) is 5.02 Å². The fraction of sp³-hybridized carbons (Fsp3) is 0.140. The molecule has 16 rings (SSSR count). The normalized spacial score (nSPS) is 16.6. The van der Waals surface area contributed by atoms with Gasteiger partial charge in [-0.1, -0.05) is 145 Å². The lowest BCUT2D eigenvalue weighted by Crippen LogP contribution is -2.19. The summed E-state index contributed by atoms with van der Waals surface area (Å²) >= 11 is 7.84. The third-order valence-electron chi connectivity index (χ3n) is 19.6. The molecule has 4 unspecified atom stereocenters. The Morgan fingerprint density at radius 1 is 0.353 bits per heavy atom. The van der Waals surface area contributed by atoms with Crippen molar-refractivity contribution in [1.29, 1.82) is 0 Å². The maximum Gasteiger partial charge on any atom is 0.238 e. The quantitative estimate of drug-likeness (QED) is 0.0473. The van der Waals surface area contributed by atoms with Crippen molar-refractivity contribution in [3.05, 3.63) is 351 Å². The van der Waals surface area contributed by atoms with Gasteiger partial charge in [-0.15, -0.1) is 0 Å². The molecule has 1 aromatic heterocycles. The molecule has 0 radical (unpaired) electrons. The Morgan fingerprint density at radius 2 is 0.672 bits per heavy atom. The van der Waals surface area contributed by atoms with Crippen LogP contribution in [0.25, 0.3) is 0 Å². The number of methoxy groups -OCH3 is 3. The summed E-state index contributed by atoms with van der Waals surface area (Å²) in [5.41, 5.74) is 16.2.